The number of carbonyl (C=O) groups is 6. The van der Waals surface area contributed by atoms with E-state index >= 15 is 4.79 Å². The van der Waals surface area contributed by atoms with Crippen LogP contribution in [0.1, 0.15) is 159 Å². The Morgan fingerprint density at radius 1 is 0.623 bits per heavy atom. The summed E-state index contributed by atoms with van der Waals surface area (Å²) in [4.78, 5) is 88.2. The summed E-state index contributed by atoms with van der Waals surface area (Å²) in [6, 6.07) is 3.01. The van der Waals surface area contributed by atoms with Crippen LogP contribution in [0.2, 0.25) is 0 Å². The van der Waals surface area contributed by atoms with Gasteiger partial charge in [0.1, 0.15) is 30.2 Å². The van der Waals surface area contributed by atoms with E-state index in [-0.39, 0.29) is 47.9 Å². The lowest BCUT2D eigenvalue weighted by molar-refractivity contribution is -0.152. The van der Waals surface area contributed by atoms with E-state index in [2.05, 4.69) is 27.3 Å². The first-order chi connectivity index (χ1) is 29.4. The summed E-state index contributed by atoms with van der Waals surface area (Å²) in [6.45, 7) is 5.16. The molecule has 1 aromatic carbocycles. The van der Waals surface area contributed by atoms with Gasteiger partial charge in [-0.1, -0.05) is 95.9 Å². The predicted molar refractivity (Wildman–Crippen MR) is 234 cm³/mol. The number of carboxylic acid groups (broad SMARTS) is 1. The molecule has 6 amide bonds. The molecule has 61 heavy (non-hydrogen) atoms. The van der Waals surface area contributed by atoms with Gasteiger partial charge in [-0.25, -0.2) is 9.59 Å². The number of hydrogen-bond donors (Lipinski definition) is 5. The van der Waals surface area contributed by atoms with Crippen molar-refractivity contribution in [2.75, 3.05) is 20.1 Å². The van der Waals surface area contributed by atoms with Crippen molar-refractivity contribution in [1.29, 1.82) is 0 Å². The molecule has 0 radical (unpaired) electrons. The van der Waals surface area contributed by atoms with E-state index in [0.717, 1.165) is 133 Å². The van der Waals surface area contributed by atoms with Crippen molar-refractivity contribution in [3.63, 3.8) is 0 Å². The van der Waals surface area contributed by atoms with Gasteiger partial charge in [0.2, 0.25) is 23.6 Å². The maximum atomic E-state index is 15.1. The lowest BCUT2D eigenvalue weighted by Gasteiger charge is -2.38. The molecule has 5 aliphatic rings. The third kappa shape index (κ3) is 12.1. The maximum Gasteiger partial charge on any atom is 0.326 e. The lowest BCUT2D eigenvalue weighted by atomic mass is 9.81. The first kappa shape index (κ1) is 46.3. The number of hydrogen-bond acceptors (Lipinski definition) is 6. The van der Waals surface area contributed by atoms with Crippen LogP contribution in [0.5, 0.6) is 0 Å². The average Bonchev–Trinajstić information content (AvgIpc) is 3.71. The quantitative estimate of drug-likeness (QED) is 0.127. The van der Waals surface area contributed by atoms with Crippen molar-refractivity contribution in [3.05, 3.63) is 35.4 Å². The summed E-state index contributed by atoms with van der Waals surface area (Å²) < 4.78 is 0. The molecule has 13 nitrogen and oxygen atoms in total. The summed E-state index contributed by atoms with van der Waals surface area (Å²) in [7, 11) is 1.52. The topological polar surface area (TPSA) is 177 Å². The van der Waals surface area contributed by atoms with Crippen LogP contribution in [0.3, 0.4) is 0 Å². The number of carboxylic acids is 1. The molecule has 6 rings (SSSR count). The number of urea groups is 1. The third-order valence-corrected chi connectivity index (χ3v) is 14.7. The predicted octanol–water partition coefficient (Wildman–Crippen LogP) is 6.43. The SMILES string of the molecule is CC(C)C[C@H](C(=O)O)N(C)C(=O)[C@H](NC(=O)[C@H](NC(=O)[C@H](NC(=O)[C@H](NC(=O)N1CCCCC1)C1CCCCC1)C1CCc2ccccc21)C1CCCCC1)C1CCCCC1. The van der Waals surface area contributed by atoms with Gasteiger partial charge in [0, 0.05) is 26.1 Å². The number of amides is 6. The highest BCUT2D eigenvalue weighted by atomic mass is 16.4. The number of piperidine rings is 1. The summed E-state index contributed by atoms with van der Waals surface area (Å²) in [5, 5.41) is 22.8. The van der Waals surface area contributed by atoms with Crippen LogP contribution in [0, 0.1) is 23.7 Å². The van der Waals surface area contributed by atoms with Gasteiger partial charge in [0.15, 0.2) is 0 Å². The Kier molecular flexibility index (Phi) is 16.9. The molecule has 1 aliphatic heterocycles. The second-order valence-corrected chi connectivity index (χ2v) is 19.4. The Morgan fingerprint density at radius 3 is 1.62 bits per heavy atom. The van der Waals surface area contributed by atoms with Crippen LogP contribution in [0.4, 0.5) is 4.79 Å². The molecule has 338 valence electrons. The van der Waals surface area contributed by atoms with E-state index in [9.17, 15) is 29.1 Å². The van der Waals surface area contributed by atoms with Gasteiger partial charge in [-0.15, -0.1) is 0 Å². The van der Waals surface area contributed by atoms with E-state index < -0.39 is 53.9 Å². The molecule has 5 N–H and O–H groups in total. The van der Waals surface area contributed by atoms with E-state index in [1.807, 2.05) is 32.0 Å². The molecule has 13 heteroatoms. The maximum absolute atomic E-state index is 15.1. The summed E-state index contributed by atoms with van der Waals surface area (Å²) >= 11 is 0. The zero-order valence-corrected chi connectivity index (χ0v) is 37.1. The minimum Gasteiger partial charge on any atom is -0.480 e. The normalized spacial score (nSPS) is 22.8. The van der Waals surface area contributed by atoms with E-state index in [0.29, 0.717) is 19.5 Å². The number of fused-ring (bicyclic) bond motifs is 1. The molecule has 4 aliphatic carbocycles. The lowest BCUT2D eigenvalue weighted by Crippen LogP contribution is -2.63. The van der Waals surface area contributed by atoms with Crippen molar-refractivity contribution in [2.24, 2.45) is 23.7 Å². The van der Waals surface area contributed by atoms with Crippen molar-refractivity contribution >= 4 is 35.6 Å². The molecule has 0 bridgehead atoms. The molecule has 0 aromatic heterocycles. The number of aryl methyl sites for hydroxylation is 1. The Morgan fingerprint density at radius 2 is 1.08 bits per heavy atom. The van der Waals surface area contributed by atoms with Crippen LogP contribution in [-0.2, 0) is 30.4 Å². The van der Waals surface area contributed by atoms with Crippen LogP contribution in [0.25, 0.3) is 0 Å². The number of rotatable bonds is 16. The van der Waals surface area contributed by atoms with Gasteiger partial charge in [0.25, 0.3) is 0 Å². The summed E-state index contributed by atoms with van der Waals surface area (Å²) in [5.41, 5.74) is 2.12. The molecule has 1 aromatic rings. The fraction of sp³-hybridized carbons (Fsp3) is 0.750. The summed E-state index contributed by atoms with van der Waals surface area (Å²) in [5.74, 6) is -3.49. The molecular weight excluding hydrogens is 773 g/mol. The number of benzene rings is 1. The fourth-order valence-corrected chi connectivity index (χ4v) is 11.2. The molecule has 6 atom stereocenters. The zero-order valence-electron chi connectivity index (χ0n) is 37.1. The molecule has 1 heterocycles. The standard InChI is InChI=1S/C48H74N6O7/c1-31(2)30-38(47(59)60)53(3)46(58)41(35-23-12-6-13-24-35)50-43(55)39(33-19-8-4-9-20-33)49-45(57)42(37-27-26-32-18-14-15-25-36(32)37)51-44(56)40(34-21-10-5-11-22-34)52-48(61)54-28-16-7-17-29-54/h14-15,18,25,31,33-35,37-42H,4-13,16-17,19-24,26-30H2,1-3H3,(H,49,57)(H,50,55)(H,51,56)(H,52,61)(H,59,60)/t37?,38-,39-,40-,41-,42-/m1/s1. The highest BCUT2D eigenvalue weighted by molar-refractivity contribution is 5.97. The van der Waals surface area contributed by atoms with Crippen LogP contribution >= 0.6 is 0 Å². The van der Waals surface area contributed by atoms with Crippen LogP contribution in [-0.4, -0.2) is 101 Å². The van der Waals surface area contributed by atoms with Gasteiger partial charge < -0.3 is 36.2 Å². The van der Waals surface area contributed by atoms with Crippen molar-refractivity contribution in [2.45, 2.75) is 185 Å². The van der Waals surface area contributed by atoms with Crippen molar-refractivity contribution in [1.82, 2.24) is 31.1 Å². The fourth-order valence-electron chi connectivity index (χ4n) is 11.2. The number of nitrogens with zero attached hydrogens (tertiary/aromatic N) is 2. The Hall–Kier alpha value is -4.16. The molecule has 0 spiro atoms. The zero-order chi connectivity index (χ0) is 43.5. The first-order valence-corrected chi connectivity index (χ1v) is 24.0. The molecule has 1 unspecified atom stereocenters. The molecular formula is C48H74N6O7. The second-order valence-electron chi connectivity index (χ2n) is 19.4. The number of nitrogens with one attached hydrogen (secondary N) is 4. The van der Waals surface area contributed by atoms with Gasteiger partial charge in [-0.3, -0.25) is 19.2 Å². The molecule has 4 fully saturated rings. The monoisotopic (exact) mass is 847 g/mol. The van der Waals surface area contributed by atoms with Crippen LogP contribution < -0.4 is 21.3 Å². The van der Waals surface area contributed by atoms with Crippen molar-refractivity contribution < 1.29 is 33.9 Å². The summed E-state index contributed by atoms with van der Waals surface area (Å²) in [6.07, 6.45) is 17.9. The van der Waals surface area contributed by atoms with Gasteiger partial charge >= 0.3 is 12.0 Å². The van der Waals surface area contributed by atoms with Crippen molar-refractivity contribution in [3.8, 4) is 0 Å². The third-order valence-electron chi connectivity index (χ3n) is 14.7. The Bertz CT molecular complexity index is 1660. The molecule has 1 saturated heterocycles. The smallest absolute Gasteiger partial charge is 0.326 e. The number of likely N-dealkylation sites (tertiary alicyclic amines) is 1. The minimum atomic E-state index is -1.08. The highest BCUT2D eigenvalue weighted by Gasteiger charge is 2.43. The van der Waals surface area contributed by atoms with E-state index in [1.54, 1.807) is 4.90 Å². The molecule has 3 saturated carbocycles. The second kappa shape index (κ2) is 22.3. The number of likely N-dealkylation sites (N-methyl/N-ethyl adjacent to an activating group) is 1. The Labute approximate surface area is 363 Å². The first-order valence-electron chi connectivity index (χ1n) is 24.0. The van der Waals surface area contributed by atoms with E-state index in [1.165, 1.54) is 11.9 Å². The minimum absolute atomic E-state index is 0.0362. The average molecular weight is 847 g/mol. The van der Waals surface area contributed by atoms with E-state index in [4.69, 9.17) is 0 Å². The largest absolute Gasteiger partial charge is 0.480 e. The van der Waals surface area contributed by atoms with Gasteiger partial charge in [0.05, 0.1) is 0 Å². The van der Waals surface area contributed by atoms with Gasteiger partial charge in [-0.2, -0.15) is 0 Å². The Balaban J connectivity index is 1.28. The van der Waals surface area contributed by atoms with Gasteiger partial charge in [-0.05, 0) is 112 Å². The number of aliphatic carboxylic acids is 1. The van der Waals surface area contributed by atoms with Crippen LogP contribution in [0.15, 0.2) is 24.3 Å². The number of carbonyl (C=O) groups excluding carboxylic acids is 5. The highest BCUT2D eigenvalue weighted by Crippen LogP contribution is 2.37.